The fourth-order valence-electron chi connectivity index (χ4n) is 2.12. The van der Waals surface area contributed by atoms with E-state index in [1.54, 1.807) is 6.26 Å². The van der Waals surface area contributed by atoms with E-state index >= 15 is 0 Å². The number of amides is 1. The molecular formula is C13H16ClN3O2S. The van der Waals surface area contributed by atoms with Gasteiger partial charge in [0.25, 0.3) is 5.91 Å². The van der Waals surface area contributed by atoms with Crippen molar-refractivity contribution >= 4 is 29.7 Å². The highest BCUT2D eigenvalue weighted by atomic mass is 35.5. The van der Waals surface area contributed by atoms with Crippen LogP contribution in [0.4, 0.5) is 0 Å². The molecule has 1 aliphatic rings. The average Bonchev–Trinajstić information content (AvgIpc) is 3.08. The van der Waals surface area contributed by atoms with E-state index in [4.69, 9.17) is 4.42 Å². The van der Waals surface area contributed by atoms with Crippen molar-refractivity contribution in [2.24, 2.45) is 0 Å². The van der Waals surface area contributed by atoms with E-state index in [1.807, 2.05) is 24.0 Å². The second-order valence-electron chi connectivity index (χ2n) is 4.44. The molecule has 0 atom stereocenters. The highest BCUT2D eigenvalue weighted by Gasteiger charge is 2.23. The lowest BCUT2D eigenvalue weighted by atomic mass is 10.3. The maximum Gasteiger partial charge on any atom is 0.273 e. The Morgan fingerprint density at radius 3 is 2.85 bits per heavy atom. The van der Waals surface area contributed by atoms with Gasteiger partial charge in [0.05, 0.1) is 6.26 Å². The molecule has 0 spiro atoms. The zero-order valence-electron chi connectivity index (χ0n) is 11.1. The van der Waals surface area contributed by atoms with Crippen molar-refractivity contribution in [2.75, 3.05) is 26.2 Å². The molecule has 0 aromatic carbocycles. The molecule has 1 N–H and O–H groups in total. The molecular weight excluding hydrogens is 298 g/mol. The third-order valence-electron chi connectivity index (χ3n) is 3.14. The third kappa shape index (κ3) is 2.87. The molecule has 0 unspecified atom stereocenters. The quantitative estimate of drug-likeness (QED) is 0.923. The number of hydrogen-bond donors (Lipinski definition) is 1. The van der Waals surface area contributed by atoms with Crippen LogP contribution < -0.4 is 5.32 Å². The molecule has 3 heterocycles. The van der Waals surface area contributed by atoms with Gasteiger partial charge in [0, 0.05) is 31.1 Å². The van der Waals surface area contributed by atoms with E-state index in [1.165, 1.54) is 11.3 Å². The van der Waals surface area contributed by atoms with Gasteiger partial charge in [0.1, 0.15) is 5.69 Å². The average molecular weight is 314 g/mol. The second kappa shape index (κ2) is 6.39. The normalized spacial score (nSPS) is 14.9. The maximum absolute atomic E-state index is 12.4. The number of hydrogen-bond acceptors (Lipinski definition) is 5. The van der Waals surface area contributed by atoms with Crippen LogP contribution in [0.3, 0.4) is 0 Å². The summed E-state index contributed by atoms with van der Waals surface area (Å²) in [6.45, 7) is 5.11. The molecule has 5 nitrogen and oxygen atoms in total. The first-order chi connectivity index (χ1) is 9.25. The molecule has 1 fully saturated rings. The number of furan rings is 1. The largest absolute Gasteiger partial charge is 0.462 e. The van der Waals surface area contributed by atoms with E-state index in [-0.39, 0.29) is 18.3 Å². The lowest BCUT2D eigenvalue weighted by Gasteiger charge is -2.26. The molecule has 3 rings (SSSR count). The standard InChI is InChI=1S/C13H15N3O2S.ClH/c1-9-11(13(17)16-6-4-14-5-7-16)15-12(19-9)10-3-2-8-18-10;/h2-3,8,14H,4-7H2,1H3;1H. The van der Waals surface area contributed by atoms with Crippen molar-refractivity contribution in [3.63, 3.8) is 0 Å². The number of carbonyl (C=O) groups is 1. The monoisotopic (exact) mass is 313 g/mol. The molecule has 108 valence electrons. The molecule has 0 aliphatic carbocycles. The minimum absolute atomic E-state index is 0. The van der Waals surface area contributed by atoms with Crippen LogP contribution >= 0.6 is 23.7 Å². The lowest BCUT2D eigenvalue weighted by molar-refractivity contribution is 0.0730. The Balaban J connectivity index is 0.00000147. The molecule has 0 bridgehead atoms. The van der Waals surface area contributed by atoms with Gasteiger partial charge in [-0.1, -0.05) is 0 Å². The molecule has 1 saturated heterocycles. The lowest BCUT2D eigenvalue weighted by Crippen LogP contribution is -2.46. The van der Waals surface area contributed by atoms with Crippen LogP contribution in [0.15, 0.2) is 22.8 Å². The minimum atomic E-state index is 0. The number of halogens is 1. The number of carbonyl (C=O) groups excluding carboxylic acids is 1. The van der Waals surface area contributed by atoms with Crippen LogP contribution in [0.25, 0.3) is 10.8 Å². The van der Waals surface area contributed by atoms with Gasteiger partial charge in [-0.05, 0) is 19.1 Å². The molecule has 7 heteroatoms. The Morgan fingerprint density at radius 2 is 2.20 bits per heavy atom. The van der Waals surface area contributed by atoms with Crippen molar-refractivity contribution in [2.45, 2.75) is 6.92 Å². The van der Waals surface area contributed by atoms with Crippen LogP contribution in [0.1, 0.15) is 15.4 Å². The Hall–Kier alpha value is -1.37. The van der Waals surface area contributed by atoms with Crippen LogP contribution in [0.2, 0.25) is 0 Å². The Bertz CT molecular complexity index is 576. The van der Waals surface area contributed by atoms with Gasteiger partial charge < -0.3 is 14.6 Å². The Kier molecular flexibility index (Phi) is 4.80. The summed E-state index contributed by atoms with van der Waals surface area (Å²) in [5.41, 5.74) is 0.554. The van der Waals surface area contributed by atoms with E-state index in [2.05, 4.69) is 10.3 Å². The molecule has 1 amide bonds. The predicted molar refractivity (Wildman–Crippen MR) is 80.6 cm³/mol. The molecule has 1 aliphatic heterocycles. The van der Waals surface area contributed by atoms with Crippen molar-refractivity contribution in [1.29, 1.82) is 0 Å². The summed E-state index contributed by atoms with van der Waals surface area (Å²) in [7, 11) is 0. The topological polar surface area (TPSA) is 58.4 Å². The van der Waals surface area contributed by atoms with Crippen LogP contribution in [0, 0.1) is 6.92 Å². The molecule has 0 radical (unpaired) electrons. The zero-order chi connectivity index (χ0) is 13.2. The number of aryl methyl sites for hydroxylation is 1. The Morgan fingerprint density at radius 1 is 1.45 bits per heavy atom. The van der Waals surface area contributed by atoms with E-state index in [9.17, 15) is 4.79 Å². The first kappa shape index (κ1) is 15.0. The molecule has 2 aromatic heterocycles. The van der Waals surface area contributed by atoms with Gasteiger partial charge in [-0.15, -0.1) is 23.7 Å². The SMILES string of the molecule is Cc1sc(-c2ccco2)nc1C(=O)N1CCNCC1.Cl. The highest BCUT2D eigenvalue weighted by molar-refractivity contribution is 7.15. The van der Waals surface area contributed by atoms with Crippen molar-refractivity contribution in [3.8, 4) is 10.8 Å². The molecule has 2 aromatic rings. The fourth-order valence-corrected chi connectivity index (χ4v) is 2.99. The van der Waals surface area contributed by atoms with E-state index in [0.29, 0.717) is 11.5 Å². The second-order valence-corrected chi connectivity index (χ2v) is 5.65. The summed E-state index contributed by atoms with van der Waals surface area (Å²) in [4.78, 5) is 19.6. The number of aromatic nitrogens is 1. The van der Waals surface area contributed by atoms with Gasteiger partial charge in [-0.25, -0.2) is 4.98 Å². The smallest absolute Gasteiger partial charge is 0.273 e. The number of thiazole rings is 1. The van der Waals surface area contributed by atoms with Gasteiger partial charge in [-0.3, -0.25) is 4.79 Å². The summed E-state index contributed by atoms with van der Waals surface area (Å²) < 4.78 is 5.33. The number of nitrogens with one attached hydrogen (secondary N) is 1. The van der Waals surface area contributed by atoms with E-state index in [0.717, 1.165) is 36.1 Å². The van der Waals surface area contributed by atoms with Crippen molar-refractivity contribution in [3.05, 3.63) is 29.0 Å². The number of piperazine rings is 1. The first-order valence-corrected chi connectivity index (χ1v) is 7.08. The van der Waals surface area contributed by atoms with Gasteiger partial charge >= 0.3 is 0 Å². The van der Waals surface area contributed by atoms with Crippen molar-refractivity contribution in [1.82, 2.24) is 15.2 Å². The number of rotatable bonds is 2. The summed E-state index contributed by atoms with van der Waals surface area (Å²) in [6.07, 6.45) is 1.61. The number of nitrogens with zero attached hydrogens (tertiary/aromatic N) is 2. The van der Waals surface area contributed by atoms with E-state index < -0.39 is 0 Å². The highest BCUT2D eigenvalue weighted by Crippen LogP contribution is 2.28. The third-order valence-corrected chi connectivity index (χ3v) is 4.12. The summed E-state index contributed by atoms with van der Waals surface area (Å²) in [6, 6.07) is 3.68. The summed E-state index contributed by atoms with van der Waals surface area (Å²) in [5.74, 6) is 0.737. The van der Waals surface area contributed by atoms with Crippen molar-refractivity contribution < 1.29 is 9.21 Å². The zero-order valence-corrected chi connectivity index (χ0v) is 12.7. The van der Waals surface area contributed by atoms with Gasteiger partial charge in [-0.2, -0.15) is 0 Å². The van der Waals surface area contributed by atoms with Crippen LogP contribution in [0.5, 0.6) is 0 Å². The van der Waals surface area contributed by atoms with Crippen LogP contribution in [-0.2, 0) is 0 Å². The van der Waals surface area contributed by atoms with Gasteiger partial charge in [0.15, 0.2) is 10.8 Å². The summed E-state index contributed by atoms with van der Waals surface area (Å²) >= 11 is 1.50. The fraction of sp³-hybridized carbons (Fsp3) is 0.385. The summed E-state index contributed by atoms with van der Waals surface area (Å²) in [5, 5.41) is 4.00. The Labute approximate surface area is 127 Å². The molecule has 20 heavy (non-hydrogen) atoms. The minimum Gasteiger partial charge on any atom is -0.462 e. The maximum atomic E-state index is 12.4. The van der Waals surface area contributed by atoms with Gasteiger partial charge in [0.2, 0.25) is 0 Å². The van der Waals surface area contributed by atoms with Crippen LogP contribution in [-0.4, -0.2) is 42.0 Å². The molecule has 0 saturated carbocycles. The first-order valence-electron chi connectivity index (χ1n) is 6.27. The predicted octanol–water partition coefficient (Wildman–Crippen LogP) is 2.18.